The number of nitrogens with zero attached hydrogens (tertiary/aromatic N) is 2. The molecule has 18 heavy (non-hydrogen) atoms. The molecule has 0 bridgehead atoms. The van der Waals surface area contributed by atoms with Crippen molar-refractivity contribution in [3.8, 4) is 0 Å². The first-order valence-corrected chi connectivity index (χ1v) is 5.41. The van der Waals surface area contributed by atoms with Crippen molar-refractivity contribution in [2.75, 3.05) is 0 Å². The van der Waals surface area contributed by atoms with Crippen LogP contribution in [0.15, 0.2) is 34.9 Å². The number of benzene rings is 1. The summed E-state index contributed by atoms with van der Waals surface area (Å²) in [5.74, 6) is 0. The summed E-state index contributed by atoms with van der Waals surface area (Å²) in [6, 6.07) is 6.32. The first-order valence-electron chi connectivity index (χ1n) is 5.00. The summed E-state index contributed by atoms with van der Waals surface area (Å²) >= 11 is 4.58. The van der Waals surface area contributed by atoms with E-state index >= 15 is 0 Å². The van der Waals surface area contributed by atoms with Crippen LogP contribution in [-0.4, -0.2) is 16.3 Å². The predicted molar refractivity (Wildman–Crippen MR) is 75.2 cm³/mol. The number of hydrogen-bond donors (Lipinski definition) is 2. The molecule has 0 unspecified atom stereocenters. The maximum atomic E-state index is 10.6. The molecule has 0 saturated carbocycles. The van der Waals surface area contributed by atoms with Crippen molar-refractivity contribution in [1.82, 2.24) is 5.43 Å². The van der Waals surface area contributed by atoms with Gasteiger partial charge in [0.15, 0.2) is 5.11 Å². The standard InChI is InChI=1S/C11H12N4O2S/c1-8(7-13-14-11(12)18)5-9-3-2-4-10(6-9)15(16)17/h2-7H,1H3,(H3,12,14,18)/b8-5+,13-7+. The van der Waals surface area contributed by atoms with Gasteiger partial charge in [0.25, 0.3) is 5.69 Å². The fourth-order valence-corrected chi connectivity index (χ4v) is 1.28. The second-order valence-corrected chi connectivity index (χ2v) is 3.91. The zero-order valence-corrected chi connectivity index (χ0v) is 10.5. The fourth-order valence-electron chi connectivity index (χ4n) is 1.23. The van der Waals surface area contributed by atoms with E-state index in [1.165, 1.54) is 18.3 Å². The molecular weight excluding hydrogens is 252 g/mol. The van der Waals surface area contributed by atoms with Gasteiger partial charge >= 0.3 is 0 Å². The van der Waals surface area contributed by atoms with E-state index in [-0.39, 0.29) is 10.8 Å². The topological polar surface area (TPSA) is 93.5 Å². The van der Waals surface area contributed by atoms with Gasteiger partial charge in [0.1, 0.15) is 0 Å². The van der Waals surface area contributed by atoms with Gasteiger partial charge in [0, 0.05) is 12.1 Å². The SMILES string of the molecule is CC(/C=N/NC(N)=S)=C\c1cccc([N+](=O)[O-])c1. The highest BCUT2D eigenvalue weighted by atomic mass is 32.1. The lowest BCUT2D eigenvalue weighted by molar-refractivity contribution is -0.384. The van der Waals surface area contributed by atoms with Crippen molar-refractivity contribution in [2.45, 2.75) is 6.92 Å². The molecule has 94 valence electrons. The van der Waals surface area contributed by atoms with Gasteiger partial charge in [-0.25, -0.2) is 0 Å². The molecule has 0 radical (unpaired) electrons. The third-order valence-electron chi connectivity index (χ3n) is 1.92. The summed E-state index contributed by atoms with van der Waals surface area (Å²) in [5, 5.41) is 14.5. The summed E-state index contributed by atoms with van der Waals surface area (Å²) in [6.45, 7) is 1.81. The van der Waals surface area contributed by atoms with Gasteiger partial charge in [0.05, 0.1) is 11.1 Å². The van der Waals surface area contributed by atoms with Gasteiger partial charge in [-0.05, 0) is 30.3 Å². The molecule has 0 spiro atoms. The van der Waals surface area contributed by atoms with Crippen LogP contribution in [0.5, 0.6) is 0 Å². The van der Waals surface area contributed by atoms with Crippen LogP contribution < -0.4 is 11.2 Å². The summed E-state index contributed by atoms with van der Waals surface area (Å²) in [7, 11) is 0. The van der Waals surface area contributed by atoms with Crippen LogP contribution in [0, 0.1) is 10.1 Å². The van der Waals surface area contributed by atoms with Gasteiger partial charge in [-0.1, -0.05) is 18.2 Å². The molecule has 1 rings (SSSR count). The van der Waals surface area contributed by atoms with E-state index in [9.17, 15) is 10.1 Å². The Balaban J connectivity index is 2.82. The molecule has 0 aromatic heterocycles. The highest BCUT2D eigenvalue weighted by Crippen LogP contribution is 2.15. The molecule has 0 atom stereocenters. The molecule has 0 aliphatic rings. The molecule has 0 heterocycles. The summed E-state index contributed by atoms with van der Waals surface area (Å²) < 4.78 is 0. The Bertz CT molecular complexity index is 526. The largest absolute Gasteiger partial charge is 0.375 e. The fraction of sp³-hybridized carbons (Fsp3) is 0.0909. The van der Waals surface area contributed by atoms with Crippen LogP contribution in [0.4, 0.5) is 5.69 Å². The van der Waals surface area contributed by atoms with Crippen LogP contribution in [0.25, 0.3) is 6.08 Å². The van der Waals surface area contributed by atoms with E-state index < -0.39 is 4.92 Å². The molecule has 0 saturated heterocycles. The minimum Gasteiger partial charge on any atom is -0.375 e. The van der Waals surface area contributed by atoms with E-state index in [1.54, 1.807) is 18.2 Å². The van der Waals surface area contributed by atoms with Crippen LogP contribution in [-0.2, 0) is 0 Å². The van der Waals surface area contributed by atoms with Crippen LogP contribution in [0.2, 0.25) is 0 Å². The van der Waals surface area contributed by atoms with Crippen molar-refractivity contribution >= 4 is 35.3 Å². The minimum atomic E-state index is -0.435. The Hall–Kier alpha value is -2.28. The highest BCUT2D eigenvalue weighted by molar-refractivity contribution is 7.80. The minimum absolute atomic E-state index is 0.0507. The number of allylic oxidation sites excluding steroid dienone is 1. The van der Waals surface area contributed by atoms with Gasteiger partial charge in [0.2, 0.25) is 0 Å². The molecule has 1 aromatic rings. The van der Waals surface area contributed by atoms with Crippen LogP contribution >= 0.6 is 12.2 Å². The molecule has 6 nitrogen and oxygen atoms in total. The predicted octanol–water partition coefficient (Wildman–Crippen LogP) is 1.82. The summed E-state index contributed by atoms with van der Waals surface area (Å²) in [4.78, 5) is 10.2. The zero-order chi connectivity index (χ0) is 13.5. The van der Waals surface area contributed by atoms with Crippen molar-refractivity contribution in [1.29, 1.82) is 0 Å². The molecule has 0 aliphatic carbocycles. The van der Waals surface area contributed by atoms with Gasteiger partial charge in [-0.3, -0.25) is 15.5 Å². The van der Waals surface area contributed by atoms with Gasteiger partial charge in [-0.15, -0.1) is 0 Å². The number of thiocarbonyl (C=S) groups is 1. The lowest BCUT2D eigenvalue weighted by Gasteiger charge is -1.97. The third kappa shape index (κ3) is 4.71. The molecule has 0 fully saturated rings. The zero-order valence-electron chi connectivity index (χ0n) is 9.66. The number of nitro groups is 1. The van der Waals surface area contributed by atoms with E-state index in [0.29, 0.717) is 0 Å². The first kappa shape index (κ1) is 13.8. The number of rotatable bonds is 4. The number of non-ortho nitro benzene ring substituents is 1. The smallest absolute Gasteiger partial charge is 0.270 e. The Morgan fingerprint density at radius 1 is 1.61 bits per heavy atom. The Kier molecular flexibility index (Phi) is 4.94. The number of nitrogens with two attached hydrogens (primary N) is 1. The van der Waals surface area contributed by atoms with Crippen molar-refractivity contribution in [3.05, 3.63) is 45.5 Å². The molecule has 7 heteroatoms. The molecular formula is C11H12N4O2S. The average Bonchev–Trinajstić information content (AvgIpc) is 2.28. The maximum Gasteiger partial charge on any atom is 0.270 e. The maximum absolute atomic E-state index is 10.6. The van der Waals surface area contributed by atoms with E-state index in [0.717, 1.165) is 11.1 Å². The Morgan fingerprint density at radius 2 is 2.33 bits per heavy atom. The number of hydrazone groups is 1. The number of hydrogen-bond acceptors (Lipinski definition) is 4. The molecule has 0 aliphatic heterocycles. The van der Waals surface area contributed by atoms with Crippen molar-refractivity contribution in [2.24, 2.45) is 10.8 Å². The van der Waals surface area contributed by atoms with Gasteiger partial charge in [-0.2, -0.15) is 5.10 Å². The van der Waals surface area contributed by atoms with Gasteiger partial charge < -0.3 is 5.73 Å². The van der Waals surface area contributed by atoms with E-state index in [2.05, 4.69) is 22.7 Å². The number of nitrogens with one attached hydrogen (secondary N) is 1. The average molecular weight is 264 g/mol. The quantitative estimate of drug-likeness (QED) is 0.374. The normalized spacial score (nSPS) is 11.5. The second-order valence-electron chi connectivity index (χ2n) is 3.47. The van der Waals surface area contributed by atoms with Crippen molar-refractivity contribution in [3.63, 3.8) is 0 Å². The van der Waals surface area contributed by atoms with Crippen molar-refractivity contribution < 1.29 is 4.92 Å². The summed E-state index contributed by atoms with van der Waals surface area (Å²) in [5.41, 5.74) is 9.20. The highest BCUT2D eigenvalue weighted by Gasteiger charge is 2.03. The first-order chi connectivity index (χ1) is 8.49. The molecule has 0 amide bonds. The lowest BCUT2D eigenvalue weighted by atomic mass is 10.1. The second kappa shape index (κ2) is 6.45. The van der Waals surface area contributed by atoms with Crippen LogP contribution in [0.3, 0.4) is 0 Å². The Labute approximate surface area is 109 Å². The van der Waals surface area contributed by atoms with E-state index in [4.69, 9.17) is 5.73 Å². The monoisotopic (exact) mass is 264 g/mol. The number of nitro benzene ring substituents is 1. The molecule has 3 N–H and O–H groups in total. The third-order valence-corrected chi connectivity index (χ3v) is 2.01. The van der Waals surface area contributed by atoms with Crippen LogP contribution in [0.1, 0.15) is 12.5 Å². The molecule has 1 aromatic carbocycles. The van der Waals surface area contributed by atoms with E-state index in [1.807, 2.05) is 6.92 Å². The summed E-state index contributed by atoms with van der Waals surface area (Å²) in [6.07, 6.45) is 3.29. The lowest BCUT2D eigenvalue weighted by Crippen LogP contribution is -2.23. The Morgan fingerprint density at radius 3 is 2.94 bits per heavy atom.